The fourth-order valence-corrected chi connectivity index (χ4v) is 2.64. The maximum Gasteiger partial charge on any atom is 0.137 e. The van der Waals surface area contributed by atoms with Gasteiger partial charge in [0.15, 0.2) is 0 Å². The van der Waals surface area contributed by atoms with Gasteiger partial charge in [0.05, 0.1) is 0 Å². The molecule has 0 saturated heterocycles. The molecule has 1 saturated carbocycles. The van der Waals surface area contributed by atoms with E-state index in [1.807, 2.05) is 17.8 Å². The van der Waals surface area contributed by atoms with Crippen molar-refractivity contribution >= 4 is 0 Å². The van der Waals surface area contributed by atoms with Gasteiger partial charge in [-0.05, 0) is 24.7 Å². The molecule has 1 aliphatic carbocycles. The van der Waals surface area contributed by atoms with Crippen molar-refractivity contribution in [3.63, 3.8) is 0 Å². The van der Waals surface area contributed by atoms with Crippen molar-refractivity contribution in [1.82, 2.24) is 9.55 Å². The first-order valence-corrected chi connectivity index (χ1v) is 5.87. The summed E-state index contributed by atoms with van der Waals surface area (Å²) >= 11 is 0. The Labute approximate surface area is 91.1 Å². The Morgan fingerprint density at radius 1 is 1.60 bits per heavy atom. The summed E-state index contributed by atoms with van der Waals surface area (Å²) in [6.45, 7) is 2.24. The molecule has 0 amide bonds. The van der Waals surface area contributed by atoms with Crippen LogP contribution in [0, 0.1) is 11.8 Å². The molecule has 1 fully saturated rings. The second-order valence-corrected chi connectivity index (χ2v) is 4.69. The first-order chi connectivity index (χ1) is 7.22. The zero-order valence-electron chi connectivity index (χ0n) is 9.56. The third-order valence-corrected chi connectivity index (χ3v) is 3.73. The number of aromatic nitrogens is 2. The van der Waals surface area contributed by atoms with Gasteiger partial charge in [0.1, 0.15) is 11.9 Å². The lowest BCUT2D eigenvalue weighted by molar-refractivity contribution is 0.0976. The van der Waals surface area contributed by atoms with Gasteiger partial charge in [-0.25, -0.2) is 4.98 Å². The van der Waals surface area contributed by atoms with Crippen LogP contribution in [0.3, 0.4) is 0 Å². The van der Waals surface area contributed by atoms with Crippen LogP contribution in [0.25, 0.3) is 0 Å². The molecular formula is C12H20N2O. The van der Waals surface area contributed by atoms with E-state index in [2.05, 4.69) is 11.9 Å². The van der Waals surface area contributed by atoms with Crippen LogP contribution in [-0.4, -0.2) is 14.7 Å². The zero-order chi connectivity index (χ0) is 10.8. The molecule has 15 heavy (non-hydrogen) atoms. The number of imidazole rings is 1. The predicted molar refractivity (Wildman–Crippen MR) is 59.3 cm³/mol. The molecule has 3 nitrogen and oxygen atoms in total. The van der Waals surface area contributed by atoms with Crippen molar-refractivity contribution in [1.29, 1.82) is 0 Å². The number of hydrogen-bond donors (Lipinski definition) is 1. The lowest BCUT2D eigenvalue weighted by Crippen LogP contribution is -2.14. The number of aliphatic hydroxyl groups is 1. The van der Waals surface area contributed by atoms with E-state index < -0.39 is 0 Å². The minimum Gasteiger partial charge on any atom is -0.385 e. The average Bonchev–Trinajstić information content (AvgIpc) is 2.84. The summed E-state index contributed by atoms with van der Waals surface area (Å²) in [5.41, 5.74) is 0. The highest BCUT2D eigenvalue weighted by molar-refractivity contribution is 4.99. The van der Waals surface area contributed by atoms with Crippen molar-refractivity contribution < 1.29 is 5.11 Å². The molecule has 0 aromatic carbocycles. The summed E-state index contributed by atoms with van der Waals surface area (Å²) in [6.07, 6.45) is 8.08. The Balaban J connectivity index is 2.03. The Kier molecular flexibility index (Phi) is 3.10. The van der Waals surface area contributed by atoms with Gasteiger partial charge in [0.25, 0.3) is 0 Å². The van der Waals surface area contributed by atoms with Crippen LogP contribution in [0.15, 0.2) is 12.4 Å². The maximum atomic E-state index is 10.2. The number of aliphatic hydroxyl groups excluding tert-OH is 1. The highest BCUT2D eigenvalue weighted by Crippen LogP contribution is 2.39. The topological polar surface area (TPSA) is 38.1 Å². The van der Waals surface area contributed by atoms with Gasteiger partial charge in [-0.2, -0.15) is 0 Å². The monoisotopic (exact) mass is 208 g/mol. The van der Waals surface area contributed by atoms with E-state index in [0.717, 1.165) is 24.6 Å². The standard InChI is InChI=1S/C12H20N2O/c1-3-9-4-5-10(8-9)11(15)12-13-6-7-14(12)2/h6-7,9-11,15H,3-5,8H2,1-2H3. The Morgan fingerprint density at radius 3 is 2.93 bits per heavy atom. The molecule has 1 heterocycles. The molecule has 0 bridgehead atoms. The van der Waals surface area contributed by atoms with Gasteiger partial charge >= 0.3 is 0 Å². The normalized spacial score (nSPS) is 28.2. The van der Waals surface area contributed by atoms with Gasteiger partial charge in [-0.15, -0.1) is 0 Å². The molecule has 0 radical (unpaired) electrons. The van der Waals surface area contributed by atoms with E-state index in [9.17, 15) is 5.11 Å². The van der Waals surface area contributed by atoms with E-state index in [4.69, 9.17) is 0 Å². The van der Waals surface area contributed by atoms with E-state index in [1.165, 1.54) is 12.8 Å². The van der Waals surface area contributed by atoms with Crippen molar-refractivity contribution in [3.05, 3.63) is 18.2 Å². The molecular weight excluding hydrogens is 188 g/mol. The third-order valence-electron chi connectivity index (χ3n) is 3.73. The molecule has 0 aliphatic heterocycles. The molecule has 84 valence electrons. The Bertz CT molecular complexity index is 321. The lowest BCUT2D eigenvalue weighted by atomic mass is 9.97. The fraction of sp³-hybridized carbons (Fsp3) is 0.750. The van der Waals surface area contributed by atoms with Crippen molar-refractivity contribution in [2.75, 3.05) is 0 Å². The number of aryl methyl sites for hydroxylation is 1. The molecule has 0 spiro atoms. The van der Waals surface area contributed by atoms with Gasteiger partial charge in [0.2, 0.25) is 0 Å². The quantitative estimate of drug-likeness (QED) is 0.827. The zero-order valence-corrected chi connectivity index (χ0v) is 9.56. The van der Waals surface area contributed by atoms with Gasteiger partial charge < -0.3 is 9.67 Å². The van der Waals surface area contributed by atoms with E-state index in [1.54, 1.807) is 6.20 Å². The Morgan fingerprint density at radius 2 is 2.40 bits per heavy atom. The summed E-state index contributed by atoms with van der Waals surface area (Å²) < 4.78 is 1.92. The smallest absolute Gasteiger partial charge is 0.137 e. The summed E-state index contributed by atoms with van der Waals surface area (Å²) in [7, 11) is 1.94. The molecule has 1 aromatic rings. The number of nitrogens with zero attached hydrogens (tertiary/aromatic N) is 2. The minimum absolute atomic E-state index is 0.374. The largest absolute Gasteiger partial charge is 0.385 e. The average molecular weight is 208 g/mol. The van der Waals surface area contributed by atoms with Crippen LogP contribution in [0.5, 0.6) is 0 Å². The van der Waals surface area contributed by atoms with Crippen LogP contribution in [-0.2, 0) is 7.05 Å². The van der Waals surface area contributed by atoms with Crippen molar-refractivity contribution in [3.8, 4) is 0 Å². The number of rotatable bonds is 3. The lowest BCUT2D eigenvalue weighted by Gasteiger charge is -2.17. The van der Waals surface area contributed by atoms with E-state index >= 15 is 0 Å². The Hall–Kier alpha value is -0.830. The summed E-state index contributed by atoms with van der Waals surface area (Å²) in [5.74, 6) is 2.04. The summed E-state index contributed by atoms with van der Waals surface area (Å²) in [4.78, 5) is 4.22. The van der Waals surface area contributed by atoms with Gasteiger partial charge in [-0.3, -0.25) is 0 Å². The van der Waals surface area contributed by atoms with Gasteiger partial charge in [-0.1, -0.05) is 19.8 Å². The molecule has 2 rings (SSSR count). The van der Waals surface area contributed by atoms with Gasteiger partial charge in [0, 0.05) is 19.4 Å². The second kappa shape index (κ2) is 4.35. The summed E-state index contributed by atoms with van der Waals surface area (Å²) in [6, 6.07) is 0. The molecule has 3 unspecified atom stereocenters. The van der Waals surface area contributed by atoms with Crippen LogP contribution in [0.4, 0.5) is 0 Å². The molecule has 1 N–H and O–H groups in total. The van der Waals surface area contributed by atoms with Crippen LogP contribution in [0.2, 0.25) is 0 Å². The molecule has 3 atom stereocenters. The second-order valence-electron chi connectivity index (χ2n) is 4.69. The molecule has 1 aliphatic rings. The fourth-order valence-electron chi connectivity index (χ4n) is 2.64. The maximum absolute atomic E-state index is 10.2. The molecule has 3 heteroatoms. The predicted octanol–water partition coefficient (Wildman–Crippen LogP) is 2.28. The number of hydrogen-bond acceptors (Lipinski definition) is 2. The van der Waals surface area contributed by atoms with E-state index in [-0.39, 0.29) is 6.10 Å². The van der Waals surface area contributed by atoms with Crippen molar-refractivity contribution in [2.24, 2.45) is 18.9 Å². The first-order valence-electron chi connectivity index (χ1n) is 5.87. The van der Waals surface area contributed by atoms with E-state index in [0.29, 0.717) is 5.92 Å². The van der Waals surface area contributed by atoms with Crippen LogP contribution in [0.1, 0.15) is 44.5 Å². The highest BCUT2D eigenvalue weighted by Gasteiger charge is 2.31. The first kappa shape index (κ1) is 10.7. The molecule has 1 aromatic heterocycles. The van der Waals surface area contributed by atoms with Crippen molar-refractivity contribution in [2.45, 2.75) is 38.7 Å². The van der Waals surface area contributed by atoms with Crippen LogP contribution < -0.4 is 0 Å². The summed E-state index contributed by atoms with van der Waals surface area (Å²) in [5, 5.41) is 10.2. The minimum atomic E-state index is -0.374. The highest BCUT2D eigenvalue weighted by atomic mass is 16.3. The SMILES string of the molecule is CCC1CCC(C(O)c2nccn2C)C1. The van der Waals surface area contributed by atoms with Crippen LogP contribution >= 0.6 is 0 Å². The third kappa shape index (κ3) is 2.07.